The molecule has 0 bridgehead atoms. The van der Waals surface area contributed by atoms with Crippen LogP contribution in [0.2, 0.25) is 5.02 Å². The SMILES string of the molecule is O=C(Nc1cc(C(F)(F)F)ccc1Cl)C(Cl)C(=O)c1ccc([N+](=O)[O-])cc1. The number of carbonyl (C=O) groups is 2. The number of carbonyl (C=O) groups excluding carboxylic acids is 2. The molecule has 2 aromatic rings. The van der Waals surface area contributed by atoms with Crippen LogP contribution < -0.4 is 5.32 Å². The second-order valence-corrected chi connectivity index (χ2v) is 6.06. The largest absolute Gasteiger partial charge is 0.416 e. The lowest BCUT2D eigenvalue weighted by molar-refractivity contribution is -0.384. The third-order valence-electron chi connectivity index (χ3n) is 3.37. The third-order valence-corrected chi connectivity index (χ3v) is 4.10. The van der Waals surface area contributed by atoms with Crippen molar-refractivity contribution in [2.75, 3.05) is 5.32 Å². The summed E-state index contributed by atoms with van der Waals surface area (Å²) < 4.78 is 38.3. The lowest BCUT2D eigenvalue weighted by Crippen LogP contribution is -2.30. The molecule has 0 saturated carbocycles. The van der Waals surface area contributed by atoms with E-state index in [0.717, 1.165) is 36.4 Å². The van der Waals surface area contributed by atoms with Gasteiger partial charge < -0.3 is 5.32 Å². The monoisotopic (exact) mass is 420 g/mol. The zero-order valence-electron chi connectivity index (χ0n) is 13.1. The van der Waals surface area contributed by atoms with Crippen molar-refractivity contribution in [2.24, 2.45) is 0 Å². The van der Waals surface area contributed by atoms with E-state index in [2.05, 4.69) is 5.32 Å². The molecule has 1 atom stereocenters. The topological polar surface area (TPSA) is 89.3 Å². The van der Waals surface area contributed by atoms with Crippen molar-refractivity contribution in [1.29, 1.82) is 0 Å². The maximum absolute atomic E-state index is 12.8. The van der Waals surface area contributed by atoms with Crippen LogP contribution in [0.25, 0.3) is 0 Å². The Morgan fingerprint density at radius 3 is 2.22 bits per heavy atom. The maximum atomic E-state index is 12.8. The Labute approximate surface area is 160 Å². The van der Waals surface area contributed by atoms with Gasteiger partial charge in [-0.3, -0.25) is 19.7 Å². The summed E-state index contributed by atoms with van der Waals surface area (Å²) in [6.45, 7) is 0. The van der Waals surface area contributed by atoms with E-state index in [1.165, 1.54) is 0 Å². The zero-order valence-corrected chi connectivity index (χ0v) is 14.6. The molecule has 27 heavy (non-hydrogen) atoms. The highest BCUT2D eigenvalue weighted by Crippen LogP contribution is 2.34. The molecule has 0 aliphatic heterocycles. The number of hydrogen-bond donors (Lipinski definition) is 1. The number of ketones is 1. The van der Waals surface area contributed by atoms with Gasteiger partial charge in [-0.05, 0) is 30.3 Å². The van der Waals surface area contributed by atoms with Gasteiger partial charge >= 0.3 is 6.18 Å². The van der Waals surface area contributed by atoms with Gasteiger partial charge in [0.15, 0.2) is 11.2 Å². The molecule has 0 radical (unpaired) electrons. The van der Waals surface area contributed by atoms with Gasteiger partial charge in [0, 0.05) is 17.7 Å². The van der Waals surface area contributed by atoms with E-state index in [9.17, 15) is 32.9 Å². The number of hydrogen-bond acceptors (Lipinski definition) is 4. The lowest BCUT2D eigenvalue weighted by Gasteiger charge is -2.13. The Bertz CT molecular complexity index is 902. The smallest absolute Gasteiger partial charge is 0.323 e. The van der Waals surface area contributed by atoms with Crippen LogP contribution >= 0.6 is 23.2 Å². The molecule has 0 aromatic heterocycles. The van der Waals surface area contributed by atoms with Gasteiger partial charge in [0.05, 0.1) is 21.2 Å². The summed E-state index contributed by atoms with van der Waals surface area (Å²) >= 11 is 11.6. The molecule has 142 valence electrons. The zero-order chi connectivity index (χ0) is 20.4. The molecule has 1 amide bonds. The number of nitro groups is 1. The van der Waals surface area contributed by atoms with E-state index in [1.54, 1.807) is 0 Å². The fourth-order valence-corrected chi connectivity index (χ4v) is 2.35. The number of Topliss-reactive ketones (excluding diaryl/α,β-unsaturated/α-hetero) is 1. The Morgan fingerprint density at radius 1 is 1.11 bits per heavy atom. The third kappa shape index (κ3) is 4.95. The van der Waals surface area contributed by atoms with E-state index < -0.39 is 33.7 Å². The van der Waals surface area contributed by atoms with E-state index >= 15 is 0 Å². The second kappa shape index (κ2) is 7.93. The number of benzene rings is 2. The van der Waals surface area contributed by atoms with E-state index in [-0.39, 0.29) is 22.0 Å². The lowest BCUT2D eigenvalue weighted by atomic mass is 10.1. The summed E-state index contributed by atoms with van der Waals surface area (Å²) in [5, 5.41) is 10.7. The number of amides is 1. The molecule has 0 fully saturated rings. The minimum Gasteiger partial charge on any atom is -0.323 e. The number of nitrogens with zero attached hydrogens (tertiary/aromatic N) is 1. The first-order chi connectivity index (χ1) is 12.5. The van der Waals surface area contributed by atoms with Gasteiger partial charge in [0.1, 0.15) is 0 Å². The van der Waals surface area contributed by atoms with Crippen molar-refractivity contribution in [2.45, 2.75) is 11.6 Å². The molecule has 6 nitrogen and oxygen atoms in total. The predicted molar refractivity (Wildman–Crippen MR) is 92.2 cm³/mol. The number of rotatable bonds is 5. The number of halogens is 5. The molecule has 2 rings (SSSR count). The molecule has 0 aliphatic rings. The number of nitro benzene ring substituents is 1. The first kappa shape index (κ1) is 20.7. The summed E-state index contributed by atoms with van der Waals surface area (Å²) in [4.78, 5) is 34.2. The van der Waals surface area contributed by atoms with E-state index in [0.29, 0.717) is 6.07 Å². The Morgan fingerprint density at radius 2 is 1.70 bits per heavy atom. The quantitative estimate of drug-likeness (QED) is 0.249. The first-order valence-corrected chi connectivity index (χ1v) is 7.92. The number of non-ortho nitro benzene ring substituents is 1. The Balaban J connectivity index is 2.18. The van der Waals surface area contributed by atoms with Crippen molar-refractivity contribution >= 4 is 46.3 Å². The van der Waals surface area contributed by atoms with Gasteiger partial charge in [0.2, 0.25) is 5.91 Å². The number of anilines is 1. The van der Waals surface area contributed by atoms with Crippen molar-refractivity contribution in [3.8, 4) is 0 Å². The number of alkyl halides is 4. The molecule has 0 aliphatic carbocycles. The minimum absolute atomic E-state index is 0.0779. The van der Waals surface area contributed by atoms with Gasteiger partial charge in [-0.15, -0.1) is 11.6 Å². The Hall–Kier alpha value is -2.65. The fraction of sp³-hybridized carbons (Fsp3) is 0.125. The van der Waals surface area contributed by atoms with Gasteiger partial charge in [0.25, 0.3) is 5.69 Å². The van der Waals surface area contributed by atoms with Crippen LogP contribution in [-0.2, 0) is 11.0 Å². The molecule has 0 heterocycles. The highest BCUT2D eigenvalue weighted by atomic mass is 35.5. The molecule has 11 heteroatoms. The fourth-order valence-electron chi connectivity index (χ4n) is 2.01. The average molecular weight is 421 g/mol. The van der Waals surface area contributed by atoms with E-state index in [4.69, 9.17) is 23.2 Å². The first-order valence-electron chi connectivity index (χ1n) is 7.11. The van der Waals surface area contributed by atoms with Crippen LogP contribution in [0.3, 0.4) is 0 Å². The predicted octanol–water partition coefficient (Wildman–Crippen LogP) is 4.70. The minimum atomic E-state index is -4.65. The van der Waals surface area contributed by atoms with Gasteiger partial charge in [-0.2, -0.15) is 13.2 Å². The van der Waals surface area contributed by atoms with Crippen molar-refractivity contribution in [3.63, 3.8) is 0 Å². The molecule has 1 N–H and O–H groups in total. The standard InChI is InChI=1S/C16H9Cl2F3N2O4/c17-11-6-3-9(16(19,20)21)7-12(11)22-15(25)13(18)14(24)8-1-4-10(5-2-8)23(26)27/h1-7,13H,(H,22,25). The van der Waals surface area contributed by atoms with Gasteiger partial charge in [-0.1, -0.05) is 11.6 Å². The molecule has 0 saturated heterocycles. The summed E-state index contributed by atoms with van der Waals surface area (Å²) in [5.41, 5.74) is -1.75. The van der Waals surface area contributed by atoms with Crippen LogP contribution in [0.1, 0.15) is 15.9 Å². The van der Waals surface area contributed by atoms with Crippen LogP contribution in [0, 0.1) is 10.1 Å². The van der Waals surface area contributed by atoms with Crippen molar-refractivity contribution in [3.05, 3.63) is 68.7 Å². The Kier molecular flexibility index (Phi) is 6.07. The average Bonchev–Trinajstić information content (AvgIpc) is 2.61. The van der Waals surface area contributed by atoms with E-state index in [1.807, 2.05) is 0 Å². The van der Waals surface area contributed by atoms with Crippen LogP contribution in [0.5, 0.6) is 0 Å². The summed E-state index contributed by atoms with van der Waals surface area (Å²) in [6, 6.07) is 6.62. The second-order valence-electron chi connectivity index (χ2n) is 5.21. The molecular weight excluding hydrogens is 412 g/mol. The summed E-state index contributed by atoms with van der Waals surface area (Å²) in [6.07, 6.45) is -4.65. The highest BCUT2D eigenvalue weighted by Gasteiger charge is 2.32. The van der Waals surface area contributed by atoms with Crippen molar-refractivity contribution in [1.82, 2.24) is 0 Å². The summed E-state index contributed by atoms with van der Waals surface area (Å²) in [7, 11) is 0. The molecule has 2 aromatic carbocycles. The van der Waals surface area contributed by atoms with Crippen molar-refractivity contribution < 1.29 is 27.7 Å². The highest BCUT2D eigenvalue weighted by molar-refractivity contribution is 6.45. The normalized spacial score (nSPS) is 12.3. The summed E-state index contributed by atoms with van der Waals surface area (Å²) in [5.74, 6) is -1.98. The van der Waals surface area contributed by atoms with Crippen LogP contribution in [0.15, 0.2) is 42.5 Å². The van der Waals surface area contributed by atoms with Crippen LogP contribution in [-0.4, -0.2) is 22.0 Å². The maximum Gasteiger partial charge on any atom is 0.416 e. The number of nitrogens with one attached hydrogen (secondary N) is 1. The van der Waals surface area contributed by atoms with Crippen LogP contribution in [0.4, 0.5) is 24.5 Å². The van der Waals surface area contributed by atoms with Gasteiger partial charge in [-0.25, -0.2) is 0 Å². The molecule has 1 unspecified atom stereocenters. The molecule has 0 spiro atoms. The molecular formula is C16H9Cl2F3N2O4.